The molecule has 0 aliphatic carbocycles. The van der Waals surface area contributed by atoms with E-state index in [1.165, 1.54) is 18.7 Å². The average molecular weight is 839 g/mol. The van der Waals surface area contributed by atoms with E-state index in [0.29, 0.717) is 4.90 Å². The van der Waals surface area contributed by atoms with Crippen LogP contribution in [0.2, 0.25) is 0 Å². The van der Waals surface area contributed by atoms with E-state index in [1.807, 2.05) is 0 Å². The Morgan fingerprint density at radius 2 is 0.836 bits per heavy atom. The molecule has 0 radical (unpaired) electrons. The summed E-state index contributed by atoms with van der Waals surface area (Å²) in [6.45, 7) is 5.24. The smallest absolute Gasteiger partial charge is 0.459 e. The summed E-state index contributed by atoms with van der Waals surface area (Å²) >= 11 is 0. The number of hydrogen-bond acceptors (Lipinski definition) is 10. The highest BCUT2D eigenvalue weighted by Crippen LogP contribution is 2.19. The first kappa shape index (κ1) is 61.1. The second-order valence-electron chi connectivity index (χ2n) is 10.5. The van der Waals surface area contributed by atoms with Crippen LogP contribution in [-0.4, -0.2) is 138 Å². The van der Waals surface area contributed by atoms with E-state index in [-0.39, 0.29) is 60.4 Å². The molecular formula is C30H58F12N8O5. The predicted octanol–water partition coefficient (Wildman–Crippen LogP) is 3.13. The van der Waals surface area contributed by atoms with Gasteiger partial charge < -0.3 is 47.7 Å². The lowest BCUT2D eigenvalue weighted by Gasteiger charge is -2.24. The lowest BCUT2D eigenvalue weighted by molar-refractivity contribution is -0.199. The molecule has 0 aromatic rings. The number of nitrogens with one attached hydrogen (secondary N) is 5. The first-order chi connectivity index (χ1) is 24.5. The Labute approximate surface area is 313 Å². The maximum Gasteiger partial charge on any atom is 0.490 e. The number of carbonyl (C=O) groups is 4. The SMILES string of the molecule is C.C.CCOC(=O)C(F)(F)F.NCCCNCCCNCCCN.O=C(NCCCNCCCN(CCCNC(=O)C(F)(F)F)C(=O)C(F)(F)F)C(F)(F)F. The summed E-state index contributed by atoms with van der Waals surface area (Å²) in [5.74, 6) is -8.67. The zero-order chi connectivity index (χ0) is 41.6. The largest absolute Gasteiger partial charge is 0.490 e. The van der Waals surface area contributed by atoms with Crippen molar-refractivity contribution >= 4 is 23.7 Å². The van der Waals surface area contributed by atoms with Crippen molar-refractivity contribution in [3.05, 3.63) is 0 Å². The maximum atomic E-state index is 12.6. The average Bonchev–Trinajstić information content (AvgIpc) is 3.04. The molecule has 0 rings (SSSR count). The molecule has 9 N–H and O–H groups in total. The number of halogens is 12. The van der Waals surface area contributed by atoms with Crippen LogP contribution in [0.15, 0.2) is 0 Å². The van der Waals surface area contributed by atoms with Gasteiger partial charge in [0.15, 0.2) is 0 Å². The summed E-state index contributed by atoms with van der Waals surface area (Å²) in [6, 6.07) is 0. The Hall–Kier alpha value is -3.16. The summed E-state index contributed by atoms with van der Waals surface area (Å²) < 4.78 is 147. The molecule has 0 aliphatic rings. The Morgan fingerprint density at radius 1 is 0.509 bits per heavy atom. The summed E-state index contributed by atoms with van der Waals surface area (Å²) in [5.41, 5.74) is 10.7. The van der Waals surface area contributed by atoms with Crippen LogP contribution in [-0.2, 0) is 23.9 Å². The van der Waals surface area contributed by atoms with E-state index in [1.54, 1.807) is 5.32 Å². The van der Waals surface area contributed by atoms with Gasteiger partial charge in [0.2, 0.25) is 0 Å². The molecule has 0 saturated carbocycles. The molecule has 0 aliphatic heterocycles. The molecule has 0 atom stereocenters. The molecule has 0 aromatic carbocycles. The molecule has 55 heavy (non-hydrogen) atoms. The highest BCUT2D eigenvalue weighted by Gasteiger charge is 2.43. The molecule has 0 spiro atoms. The number of esters is 1. The van der Waals surface area contributed by atoms with Crippen LogP contribution in [0.4, 0.5) is 52.7 Å². The van der Waals surface area contributed by atoms with Gasteiger partial charge in [-0.1, -0.05) is 14.9 Å². The second-order valence-corrected chi connectivity index (χ2v) is 10.5. The quantitative estimate of drug-likeness (QED) is 0.0457. The van der Waals surface area contributed by atoms with Gasteiger partial charge in [-0.05, 0) is 97.8 Å². The summed E-state index contributed by atoms with van der Waals surface area (Å²) in [7, 11) is 0. The Balaban J connectivity index is -0.000000285. The minimum atomic E-state index is -5.20. The lowest BCUT2D eigenvalue weighted by atomic mass is 10.3. The fraction of sp³-hybridized carbons (Fsp3) is 0.867. The van der Waals surface area contributed by atoms with Crippen molar-refractivity contribution in [1.29, 1.82) is 0 Å². The summed E-state index contributed by atoms with van der Waals surface area (Å²) in [6.07, 6.45) is -17.1. The van der Waals surface area contributed by atoms with Crippen molar-refractivity contribution in [2.75, 3.05) is 85.1 Å². The fourth-order valence-electron chi connectivity index (χ4n) is 3.36. The zero-order valence-corrected chi connectivity index (χ0v) is 29.1. The summed E-state index contributed by atoms with van der Waals surface area (Å²) in [4.78, 5) is 42.7. The summed E-state index contributed by atoms with van der Waals surface area (Å²) in [5, 5.41) is 12.5. The van der Waals surface area contributed by atoms with E-state index in [9.17, 15) is 71.9 Å². The molecule has 0 unspecified atom stereocenters. The molecular weight excluding hydrogens is 780 g/mol. The topological polar surface area (TPSA) is 193 Å². The van der Waals surface area contributed by atoms with Gasteiger partial charge >= 0.3 is 48.4 Å². The molecule has 0 bridgehead atoms. The molecule has 332 valence electrons. The Bertz CT molecular complexity index is 978. The molecule has 13 nitrogen and oxygen atoms in total. The van der Waals surface area contributed by atoms with E-state index in [0.717, 1.165) is 52.1 Å². The van der Waals surface area contributed by atoms with Gasteiger partial charge in [-0.3, -0.25) is 14.4 Å². The number of nitrogens with two attached hydrogens (primary N) is 2. The highest BCUT2D eigenvalue weighted by atomic mass is 19.4. The molecule has 0 heterocycles. The minimum Gasteiger partial charge on any atom is -0.459 e. The molecule has 3 amide bonds. The number of ether oxygens (including phenoxy) is 1. The molecule has 0 saturated heterocycles. The van der Waals surface area contributed by atoms with Crippen LogP contribution in [0.1, 0.15) is 60.3 Å². The van der Waals surface area contributed by atoms with Crippen molar-refractivity contribution in [3.8, 4) is 0 Å². The number of rotatable bonds is 23. The number of nitrogens with zero attached hydrogens (tertiary/aromatic N) is 1. The third kappa shape index (κ3) is 38.9. The fourth-order valence-corrected chi connectivity index (χ4v) is 3.36. The van der Waals surface area contributed by atoms with E-state index in [2.05, 4.69) is 20.7 Å². The van der Waals surface area contributed by atoms with Crippen molar-refractivity contribution in [2.45, 2.75) is 85.0 Å². The van der Waals surface area contributed by atoms with E-state index >= 15 is 0 Å². The minimum absolute atomic E-state index is 0. The monoisotopic (exact) mass is 838 g/mol. The zero-order valence-electron chi connectivity index (χ0n) is 29.1. The molecule has 0 aromatic heterocycles. The molecule has 25 heteroatoms. The third-order valence-electron chi connectivity index (χ3n) is 5.86. The van der Waals surface area contributed by atoms with Gasteiger partial charge in [-0.25, -0.2) is 4.79 Å². The first-order valence-corrected chi connectivity index (χ1v) is 16.3. The van der Waals surface area contributed by atoms with Crippen molar-refractivity contribution < 1.29 is 76.6 Å². The number of alkyl halides is 12. The van der Waals surface area contributed by atoms with Crippen LogP contribution in [0.5, 0.6) is 0 Å². The second kappa shape index (κ2) is 34.1. The van der Waals surface area contributed by atoms with Gasteiger partial charge in [0.1, 0.15) is 0 Å². The van der Waals surface area contributed by atoms with Crippen molar-refractivity contribution in [3.63, 3.8) is 0 Å². The first-order valence-electron chi connectivity index (χ1n) is 16.3. The van der Waals surface area contributed by atoms with Crippen LogP contribution in [0, 0.1) is 0 Å². The number of carbonyl (C=O) groups excluding carboxylic acids is 4. The van der Waals surface area contributed by atoms with Crippen molar-refractivity contribution in [2.24, 2.45) is 11.5 Å². The van der Waals surface area contributed by atoms with Gasteiger partial charge in [0.25, 0.3) is 0 Å². The van der Waals surface area contributed by atoms with Gasteiger partial charge in [0, 0.05) is 26.2 Å². The van der Waals surface area contributed by atoms with Crippen LogP contribution < -0.4 is 38.1 Å². The van der Waals surface area contributed by atoms with Crippen molar-refractivity contribution in [1.82, 2.24) is 31.5 Å². The third-order valence-corrected chi connectivity index (χ3v) is 5.86. The lowest BCUT2D eigenvalue weighted by Crippen LogP contribution is -2.44. The Morgan fingerprint density at radius 3 is 1.15 bits per heavy atom. The number of amides is 3. The normalized spacial score (nSPS) is 11.3. The number of hydrogen-bond donors (Lipinski definition) is 7. The van der Waals surface area contributed by atoms with Crippen LogP contribution >= 0.6 is 0 Å². The van der Waals surface area contributed by atoms with Crippen LogP contribution in [0.3, 0.4) is 0 Å². The van der Waals surface area contributed by atoms with E-state index in [4.69, 9.17) is 11.5 Å². The molecule has 0 fully saturated rings. The predicted molar refractivity (Wildman–Crippen MR) is 181 cm³/mol. The van der Waals surface area contributed by atoms with Gasteiger partial charge in [0.05, 0.1) is 6.61 Å². The van der Waals surface area contributed by atoms with E-state index < -0.39 is 68.0 Å². The Kier molecular flexibility index (Phi) is 37.9. The standard InChI is InChI=1S/C15H21F9N4O3.C9H24N4.C4H5F3O2.2CH4/c16-13(17,18)10(29)26-6-1-4-25-5-2-8-28(12(31)15(22,23)24)9-3-7-27-11(30)14(19,20)21;10-4-1-6-12-8-3-9-13-7-2-5-11;1-2-9-3(8)4(5,6)7;;/h25H,1-9H2,(H,26,29)(H,27,30);12-13H,1-11H2;2H2,1H3;2*1H4. The highest BCUT2D eigenvalue weighted by molar-refractivity contribution is 5.82. The maximum absolute atomic E-state index is 12.6. The van der Waals surface area contributed by atoms with Gasteiger partial charge in [-0.15, -0.1) is 0 Å². The van der Waals surface area contributed by atoms with Crippen LogP contribution in [0.25, 0.3) is 0 Å². The van der Waals surface area contributed by atoms with Gasteiger partial charge in [-0.2, -0.15) is 52.7 Å².